The number of aromatic nitrogens is 2. The maximum absolute atomic E-state index is 12.6. The van der Waals surface area contributed by atoms with Crippen molar-refractivity contribution in [1.82, 2.24) is 19.8 Å². The lowest BCUT2D eigenvalue weighted by molar-refractivity contribution is -0.0176. The summed E-state index contributed by atoms with van der Waals surface area (Å²) in [6.45, 7) is 2.32. The highest BCUT2D eigenvalue weighted by Gasteiger charge is 2.24. The van der Waals surface area contributed by atoms with Gasteiger partial charge in [0.05, 0.1) is 24.4 Å². The van der Waals surface area contributed by atoms with Gasteiger partial charge >= 0.3 is 6.03 Å². The highest BCUT2D eigenvalue weighted by Crippen LogP contribution is 2.14. The molecular formula is C21H24N4O2. The number of rotatable bonds is 5. The molecule has 2 aromatic heterocycles. The van der Waals surface area contributed by atoms with Gasteiger partial charge < -0.3 is 15.0 Å². The molecule has 1 atom stereocenters. The summed E-state index contributed by atoms with van der Waals surface area (Å²) in [7, 11) is 0. The van der Waals surface area contributed by atoms with E-state index in [0.29, 0.717) is 26.2 Å². The topological polar surface area (TPSA) is 58.9 Å². The van der Waals surface area contributed by atoms with Crippen LogP contribution in [0, 0.1) is 0 Å². The minimum atomic E-state index is -0.0432. The van der Waals surface area contributed by atoms with Crippen molar-refractivity contribution in [2.24, 2.45) is 0 Å². The van der Waals surface area contributed by atoms with Crippen LogP contribution in [-0.2, 0) is 17.7 Å². The van der Waals surface area contributed by atoms with Crippen LogP contribution in [0.15, 0.2) is 60.9 Å². The molecule has 1 aromatic carbocycles. The Hall–Kier alpha value is -2.86. The number of hydrogen-bond acceptors (Lipinski definition) is 3. The number of amides is 2. The van der Waals surface area contributed by atoms with Crippen LogP contribution in [-0.4, -0.2) is 46.3 Å². The Morgan fingerprint density at radius 2 is 2.04 bits per heavy atom. The summed E-state index contributed by atoms with van der Waals surface area (Å²) in [5.41, 5.74) is 3.33. The summed E-state index contributed by atoms with van der Waals surface area (Å²) >= 11 is 0. The van der Waals surface area contributed by atoms with Crippen molar-refractivity contribution in [3.8, 4) is 0 Å². The van der Waals surface area contributed by atoms with Crippen molar-refractivity contribution in [2.75, 3.05) is 19.7 Å². The number of carbonyl (C=O) groups excluding carboxylic acids is 1. The molecule has 1 aliphatic heterocycles. The SMILES string of the molecule is O=C(NCc1cnn2ccccc12)N1CCOC(CCc2ccccc2)C1. The van der Waals surface area contributed by atoms with E-state index < -0.39 is 0 Å². The van der Waals surface area contributed by atoms with Gasteiger partial charge in [0, 0.05) is 31.4 Å². The number of urea groups is 1. The number of morpholine rings is 1. The zero-order valence-electron chi connectivity index (χ0n) is 15.3. The van der Waals surface area contributed by atoms with Crippen molar-refractivity contribution in [3.63, 3.8) is 0 Å². The maximum atomic E-state index is 12.6. The van der Waals surface area contributed by atoms with Crippen molar-refractivity contribution in [1.29, 1.82) is 0 Å². The number of pyridine rings is 1. The maximum Gasteiger partial charge on any atom is 0.317 e. The first-order chi connectivity index (χ1) is 13.3. The second-order valence-corrected chi connectivity index (χ2v) is 6.82. The summed E-state index contributed by atoms with van der Waals surface area (Å²) in [5.74, 6) is 0. The van der Waals surface area contributed by atoms with Gasteiger partial charge in [-0.25, -0.2) is 9.31 Å². The number of carbonyl (C=O) groups is 1. The third-order valence-corrected chi connectivity index (χ3v) is 4.96. The van der Waals surface area contributed by atoms with Crippen LogP contribution in [0.2, 0.25) is 0 Å². The Balaban J connectivity index is 1.29. The fourth-order valence-corrected chi connectivity index (χ4v) is 3.46. The molecule has 6 nitrogen and oxygen atoms in total. The standard InChI is InChI=1S/C21H24N4O2/c26-21(22-14-18-15-23-25-11-5-4-8-20(18)25)24-12-13-27-19(16-24)10-9-17-6-2-1-3-7-17/h1-8,11,15,19H,9-10,12-14,16H2,(H,22,26). The van der Waals surface area contributed by atoms with Crippen molar-refractivity contribution in [2.45, 2.75) is 25.5 Å². The molecule has 0 aliphatic carbocycles. The quantitative estimate of drug-likeness (QED) is 0.757. The summed E-state index contributed by atoms with van der Waals surface area (Å²) in [6.07, 6.45) is 5.67. The minimum absolute atomic E-state index is 0.0432. The summed E-state index contributed by atoms with van der Waals surface area (Å²) < 4.78 is 7.67. The lowest BCUT2D eigenvalue weighted by Crippen LogP contribution is -2.49. The van der Waals surface area contributed by atoms with Crippen LogP contribution in [0.3, 0.4) is 0 Å². The molecule has 1 N–H and O–H groups in total. The highest BCUT2D eigenvalue weighted by atomic mass is 16.5. The van der Waals surface area contributed by atoms with E-state index in [4.69, 9.17) is 4.74 Å². The summed E-state index contributed by atoms with van der Waals surface area (Å²) in [5, 5.41) is 7.33. The van der Waals surface area contributed by atoms with E-state index >= 15 is 0 Å². The van der Waals surface area contributed by atoms with E-state index in [-0.39, 0.29) is 12.1 Å². The molecule has 0 saturated carbocycles. The predicted octanol–water partition coefficient (Wildman–Crippen LogP) is 2.88. The molecule has 1 unspecified atom stereocenters. The van der Waals surface area contributed by atoms with Crippen molar-refractivity contribution < 1.29 is 9.53 Å². The highest BCUT2D eigenvalue weighted by molar-refractivity contribution is 5.74. The van der Waals surface area contributed by atoms with Crippen molar-refractivity contribution >= 4 is 11.5 Å². The van der Waals surface area contributed by atoms with Crippen LogP contribution >= 0.6 is 0 Å². The Morgan fingerprint density at radius 1 is 1.19 bits per heavy atom. The van der Waals surface area contributed by atoms with E-state index in [9.17, 15) is 4.79 Å². The van der Waals surface area contributed by atoms with Crippen molar-refractivity contribution in [3.05, 3.63) is 72.1 Å². The number of aryl methyl sites for hydroxylation is 1. The minimum Gasteiger partial charge on any atom is -0.375 e. The lowest BCUT2D eigenvalue weighted by atomic mass is 10.1. The van der Waals surface area contributed by atoms with Gasteiger partial charge in [-0.3, -0.25) is 0 Å². The van der Waals surface area contributed by atoms with Gasteiger partial charge in [-0.15, -0.1) is 0 Å². The second kappa shape index (κ2) is 8.22. The van der Waals surface area contributed by atoms with Crippen LogP contribution < -0.4 is 5.32 Å². The molecule has 2 amide bonds. The van der Waals surface area contributed by atoms with Gasteiger partial charge in [0.15, 0.2) is 0 Å². The second-order valence-electron chi connectivity index (χ2n) is 6.82. The predicted molar refractivity (Wildman–Crippen MR) is 104 cm³/mol. The Bertz CT molecular complexity index is 893. The van der Waals surface area contributed by atoms with E-state index in [1.807, 2.05) is 39.9 Å². The molecule has 0 spiro atoms. The first kappa shape index (κ1) is 17.5. The van der Waals surface area contributed by atoms with Crippen LogP contribution in [0.1, 0.15) is 17.5 Å². The number of nitrogens with zero attached hydrogens (tertiary/aromatic N) is 3. The van der Waals surface area contributed by atoms with E-state index in [1.165, 1.54) is 5.56 Å². The van der Waals surface area contributed by atoms with Gasteiger partial charge in [0.2, 0.25) is 0 Å². The molecule has 27 heavy (non-hydrogen) atoms. The van der Waals surface area contributed by atoms with Crippen LogP contribution in [0.5, 0.6) is 0 Å². The number of nitrogens with one attached hydrogen (secondary N) is 1. The Kier molecular flexibility index (Phi) is 5.34. The normalized spacial score (nSPS) is 17.2. The lowest BCUT2D eigenvalue weighted by Gasteiger charge is -2.33. The van der Waals surface area contributed by atoms with E-state index in [2.05, 4.69) is 34.7 Å². The van der Waals surface area contributed by atoms with Crippen LogP contribution in [0.4, 0.5) is 4.79 Å². The van der Waals surface area contributed by atoms with Gasteiger partial charge in [0.25, 0.3) is 0 Å². The zero-order valence-corrected chi connectivity index (χ0v) is 15.3. The molecule has 6 heteroatoms. The third-order valence-electron chi connectivity index (χ3n) is 4.96. The summed E-state index contributed by atoms with van der Waals surface area (Å²) in [4.78, 5) is 14.4. The largest absolute Gasteiger partial charge is 0.375 e. The Labute approximate surface area is 158 Å². The third kappa shape index (κ3) is 4.28. The molecule has 140 valence electrons. The monoisotopic (exact) mass is 364 g/mol. The fourth-order valence-electron chi connectivity index (χ4n) is 3.46. The number of fused-ring (bicyclic) bond motifs is 1. The molecule has 0 bridgehead atoms. The Morgan fingerprint density at radius 3 is 2.93 bits per heavy atom. The molecule has 0 radical (unpaired) electrons. The van der Waals surface area contributed by atoms with Gasteiger partial charge in [-0.2, -0.15) is 5.10 Å². The zero-order chi connectivity index (χ0) is 18.5. The number of hydrogen-bond donors (Lipinski definition) is 1. The molecule has 4 rings (SSSR count). The molecule has 1 aliphatic rings. The number of ether oxygens (including phenoxy) is 1. The molecular weight excluding hydrogens is 340 g/mol. The van der Waals surface area contributed by atoms with Gasteiger partial charge in [-0.05, 0) is 30.5 Å². The van der Waals surface area contributed by atoms with Gasteiger partial charge in [0.1, 0.15) is 0 Å². The van der Waals surface area contributed by atoms with Gasteiger partial charge in [-0.1, -0.05) is 36.4 Å². The summed E-state index contributed by atoms with van der Waals surface area (Å²) in [6, 6.07) is 16.3. The fraction of sp³-hybridized carbons (Fsp3) is 0.333. The van der Waals surface area contributed by atoms with E-state index in [0.717, 1.165) is 23.9 Å². The molecule has 3 aromatic rings. The average molecular weight is 364 g/mol. The molecule has 1 saturated heterocycles. The first-order valence-electron chi connectivity index (χ1n) is 9.39. The smallest absolute Gasteiger partial charge is 0.317 e. The van der Waals surface area contributed by atoms with Crippen LogP contribution in [0.25, 0.3) is 5.52 Å². The number of benzene rings is 1. The average Bonchev–Trinajstić information content (AvgIpc) is 3.15. The molecule has 3 heterocycles. The first-order valence-corrected chi connectivity index (χ1v) is 9.39. The molecule has 1 fully saturated rings. The van der Waals surface area contributed by atoms with E-state index in [1.54, 1.807) is 6.20 Å².